The second-order valence-electron chi connectivity index (χ2n) is 1.86. The van der Waals surface area contributed by atoms with E-state index < -0.39 is 5.97 Å². The molecule has 1 aromatic carbocycles. The number of carboxylic acid groups (broad SMARTS) is 1. The molecule has 0 saturated carbocycles. The Labute approximate surface area is 100 Å². The van der Waals surface area contributed by atoms with Crippen molar-refractivity contribution in [1.29, 1.82) is 0 Å². The molecule has 0 spiro atoms. The number of hydrogen-bond donors (Lipinski definition) is 0. The number of hydrogen-bond acceptors (Lipinski definition) is 3. The van der Waals surface area contributed by atoms with Crippen LogP contribution < -0.4 is 38.5 Å². The minimum atomic E-state index is -1.25. The first-order chi connectivity index (χ1) is 5.25. The zero-order valence-electron chi connectivity index (χ0n) is 6.41. The maximum Gasteiger partial charge on any atom is 1.00 e. The summed E-state index contributed by atoms with van der Waals surface area (Å²) < 4.78 is 4.60. The molecule has 0 saturated heterocycles. The van der Waals surface area contributed by atoms with Gasteiger partial charge >= 0.3 is 29.6 Å². The molecule has 0 radical (unpaired) electrons. The van der Waals surface area contributed by atoms with Crippen molar-refractivity contribution in [3.05, 3.63) is 29.8 Å². The van der Waals surface area contributed by atoms with Crippen LogP contribution in [0.25, 0.3) is 0 Å². The van der Waals surface area contributed by atoms with Gasteiger partial charge < -0.3 is 13.7 Å². The van der Waals surface area contributed by atoms with Gasteiger partial charge in [0.1, 0.15) is 5.75 Å². The molecule has 12 heavy (non-hydrogen) atoms. The van der Waals surface area contributed by atoms with Crippen molar-refractivity contribution in [2.24, 2.45) is 0 Å². The summed E-state index contributed by atoms with van der Waals surface area (Å²) in [6, 6.07) is 6.20. The van der Waals surface area contributed by atoms with Gasteiger partial charge in [0.25, 0.3) is 0 Å². The van der Waals surface area contributed by atoms with Crippen LogP contribution in [0.5, 0.6) is 5.75 Å². The van der Waals surface area contributed by atoms with E-state index in [1.165, 1.54) is 12.1 Å². The van der Waals surface area contributed by atoms with Crippen LogP contribution in [0.4, 0.5) is 0 Å². The second-order valence-corrected chi connectivity index (χ2v) is 2.18. The quantitative estimate of drug-likeness (QED) is 0.547. The number of carbonyl (C=O) groups excluding carboxylic acids is 1. The predicted octanol–water partition coefficient (Wildman–Crippen LogP) is -2.26. The number of rotatable bonds is 2. The smallest absolute Gasteiger partial charge is 0.545 e. The number of para-hydroxylation sites is 1. The fourth-order valence-electron chi connectivity index (χ4n) is 0.703. The summed E-state index contributed by atoms with van der Waals surface area (Å²) in [6.07, 6.45) is 0. The van der Waals surface area contributed by atoms with E-state index in [1.54, 1.807) is 12.1 Å². The van der Waals surface area contributed by atoms with Crippen LogP contribution in [0.1, 0.15) is 10.4 Å². The van der Waals surface area contributed by atoms with E-state index in [2.05, 4.69) is 20.1 Å². The zero-order chi connectivity index (χ0) is 8.27. The first kappa shape index (κ1) is 12.0. The minimum absolute atomic E-state index is 0. The Morgan fingerprint density at radius 1 is 1.42 bits per heavy atom. The Bertz CT molecular complexity index is 277. The van der Waals surface area contributed by atoms with Gasteiger partial charge in [-0.3, -0.25) is 0 Å². The molecule has 1 rings (SSSR count). The average Bonchev–Trinajstić information content (AvgIpc) is 2.04. The van der Waals surface area contributed by atoms with Gasteiger partial charge in [-0.05, 0) is 12.1 Å². The van der Waals surface area contributed by atoms with Crippen molar-refractivity contribution in [3.63, 3.8) is 0 Å². The van der Waals surface area contributed by atoms with E-state index in [0.29, 0.717) is 0 Å². The van der Waals surface area contributed by atoms with Crippen molar-refractivity contribution in [2.45, 2.75) is 0 Å². The van der Waals surface area contributed by atoms with Crippen LogP contribution in [0.2, 0.25) is 0 Å². The van der Waals surface area contributed by atoms with Crippen LogP contribution in [-0.4, -0.2) is 5.97 Å². The maximum absolute atomic E-state index is 10.4. The maximum atomic E-state index is 10.4. The third-order valence-electron chi connectivity index (χ3n) is 1.19. The van der Waals surface area contributed by atoms with Gasteiger partial charge in [0.2, 0.25) is 0 Å². The predicted molar refractivity (Wildman–Crippen MR) is 40.3 cm³/mol. The van der Waals surface area contributed by atoms with E-state index in [9.17, 15) is 9.90 Å². The summed E-state index contributed by atoms with van der Waals surface area (Å²) in [5.74, 6) is -1.01. The number of aromatic carboxylic acids is 1. The van der Waals surface area contributed by atoms with Gasteiger partial charge in [0.15, 0.2) is 16.3 Å². The van der Waals surface area contributed by atoms with Crippen LogP contribution in [0.15, 0.2) is 24.3 Å². The molecule has 0 aliphatic rings. The third-order valence-corrected chi connectivity index (χ3v) is 1.54. The molecule has 0 fully saturated rings. The molecule has 0 amide bonds. The van der Waals surface area contributed by atoms with Gasteiger partial charge in [-0.1, -0.05) is 12.1 Å². The Morgan fingerprint density at radius 3 is 2.42 bits per heavy atom. The summed E-state index contributed by atoms with van der Waals surface area (Å²) >= 11 is 2.69. The van der Waals surface area contributed by atoms with Gasteiger partial charge in [-0.2, -0.15) is 0 Å². The second kappa shape index (κ2) is 5.59. The molecule has 0 aliphatic heterocycles. The van der Waals surface area contributed by atoms with Crippen molar-refractivity contribution in [1.82, 2.24) is 0 Å². The van der Waals surface area contributed by atoms with E-state index in [4.69, 9.17) is 0 Å². The SMILES string of the molecule is O=C([O-])c1ccccc1OBr.[Na+]. The van der Waals surface area contributed by atoms with Crippen LogP contribution in [-0.2, 0) is 0 Å². The van der Waals surface area contributed by atoms with E-state index >= 15 is 0 Å². The van der Waals surface area contributed by atoms with Gasteiger partial charge in [-0.25, -0.2) is 0 Å². The minimum Gasteiger partial charge on any atom is -0.545 e. The number of benzene rings is 1. The van der Waals surface area contributed by atoms with Crippen LogP contribution >= 0.6 is 16.3 Å². The van der Waals surface area contributed by atoms with Crippen molar-refractivity contribution >= 4 is 22.2 Å². The molecule has 5 heteroatoms. The molecular weight excluding hydrogens is 235 g/mol. The Morgan fingerprint density at radius 2 is 2.00 bits per heavy atom. The van der Waals surface area contributed by atoms with E-state index in [0.717, 1.165) is 0 Å². The molecule has 1 aromatic rings. The Kier molecular flexibility index (Phi) is 5.57. The zero-order valence-corrected chi connectivity index (χ0v) is 10.00. The summed E-state index contributed by atoms with van der Waals surface area (Å²) in [5, 5.41) is 10.4. The summed E-state index contributed by atoms with van der Waals surface area (Å²) in [6.45, 7) is 0. The van der Waals surface area contributed by atoms with Crippen molar-refractivity contribution in [3.8, 4) is 5.75 Å². The number of carbonyl (C=O) groups is 1. The Hall–Kier alpha value is -0.0300. The van der Waals surface area contributed by atoms with Gasteiger partial charge in [-0.15, -0.1) is 0 Å². The van der Waals surface area contributed by atoms with E-state index in [1.807, 2.05) is 0 Å². The molecule has 0 aliphatic carbocycles. The molecule has 0 bridgehead atoms. The summed E-state index contributed by atoms with van der Waals surface area (Å²) in [4.78, 5) is 10.4. The van der Waals surface area contributed by atoms with Crippen molar-refractivity contribution in [2.75, 3.05) is 0 Å². The molecule has 0 unspecified atom stereocenters. The standard InChI is InChI=1S/C7H5BrO3.Na/c8-11-6-4-2-1-3-5(6)7(9)10;/h1-4H,(H,9,10);/q;+1/p-1. The van der Waals surface area contributed by atoms with Gasteiger partial charge in [0.05, 0.1) is 5.97 Å². The topological polar surface area (TPSA) is 49.4 Å². The molecule has 0 N–H and O–H groups in total. The fraction of sp³-hybridized carbons (Fsp3) is 0. The van der Waals surface area contributed by atoms with E-state index in [-0.39, 0.29) is 40.9 Å². The first-order valence-corrected chi connectivity index (χ1v) is 3.49. The van der Waals surface area contributed by atoms with Gasteiger partial charge in [0, 0.05) is 5.56 Å². The third kappa shape index (κ3) is 2.79. The van der Waals surface area contributed by atoms with Crippen LogP contribution in [0.3, 0.4) is 0 Å². The Balaban J connectivity index is 0.00000121. The summed E-state index contributed by atoms with van der Waals surface area (Å²) in [5.41, 5.74) is 0.0318. The summed E-state index contributed by atoms with van der Waals surface area (Å²) in [7, 11) is 0. The molecule has 3 nitrogen and oxygen atoms in total. The average molecular weight is 239 g/mol. The first-order valence-electron chi connectivity index (χ1n) is 2.84. The van der Waals surface area contributed by atoms with Crippen molar-refractivity contribution < 1.29 is 43.3 Å². The molecular formula is C7H4BrNaO3. The number of halogens is 1. The normalized spacial score (nSPS) is 8.42. The fourth-order valence-corrected chi connectivity index (χ4v) is 0.985. The molecule has 0 atom stereocenters. The monoisotopic (exact) mass is 238 g/mol. The number of carboxylic acids is 1. The molecule has 58 valence electrons. The largest absolute Gasteiger partial charge is 1.00 e. The van der Waals surface area contributed by atoms with Crippen LogP contribution in [0, 0.1) is 0 Å². The molecule has 0 heterocycles. The molecule has 0 aromatic heterocycles.